The van der Waals surface area contributed by atoms with Crippen LogP contribution in [-0.2, 0) is 16.1 Å². The van der Waals surface area contributed by atoms with E-state index in [9.17, 15) is 9.59 Å². The first-order valence-corrected chi connectivity index (χ1v) is 11.4. The number of ether oxygens (including phenoxy) is 1. The number of hydrogen-bond donors (Lipinski definition) is 2. The monoisotopic (exact) mass is 423 g/mol. The first kappa shape index (κ1) is 22.8. The lowest BCUT2D eigenvalue weighted by Crippen LogP contribution is -2.23. The van der Waals surface area contributed by atoms with Crippen molar-refractivity contribution in [3.63, 3.8) is 0 Å². The van der Waals surface area contributed by atoms with Crippen LogP contribution in [0.5, 0.6) is 5.75 Å². The Balaban J connectivity index is 1.27. The Morgan fingerprint density at radius 1 is 0.968 bits per heavy atom. The highest BCUT2D eigenvalue weighted by atomic mass is 16.5. The maximum Gasteiger partial charge on any atom is 0.224 e. The minimum Gasteiger partial charge on any atom is -0.494 e. The molecule has 1 fully saturated rings. The Kier molecular flexibility index (Phi) is 9.35. The number of anilines is 1. The molecule has 0 bridgehead atoms. The number of amides is 2. The first-order chi connectivity index (χ1) is 15.2. The topological polar surface area (TPSA) is 80.3 Å². The molecule has 0 radical (unpaired) electrons. The summed E-state index contributed by atoms with van der Waals surface area (Å²) in [6, 6.07) is 13.1. The standard InChI is InChI=1S/C25H33N3O3/c29-24(27-19-22-9-4-5-17-26-22)10-6-11-25(30)28-21-12-14-23(15-13-21)31-18-16-20-7-2-1-3-8-20/h4-5,9,12-15,17,20H,1-3,6-8,10-11,16,18-19H2,(H,27,29)(H,28,30). The highest BCUT2D eigenvalue weighted by Gasteiger charge is 2.13. The number of rotatable bonds is 11. The molecule has 31 heavy (non-hydrogen) atoms. The van der Waals surface area contributed by atoms with Crippen LogP contribution in [0.3, 0.4) is 0 Å². The number of nitrogens with zero attached hydrogens (tertiary/aromatic N) is 1. The minimum absolute atomic E-state index is 0.0758. The van der Waals surface area contributed by atoms with Crippen LogP contribution in [0.25, 0.3) is 0 Å². The minimum atomic E-state index is -0.0940. The normalized spacial score (nSPS) is 14.1. The molecule has 0 spiro atoms. The molecule has 1 saturated carbocycles. The van der Waals surface area contributed by atoms with Crippen LogP contribution in [0.1, 0.15) is 63.5 Å². The van der Waals surface area contributed by atoms with E-state index in [1.165, 1.54) is 32.1 Å². The third-order valence-corrected chi connectivity index (χ3v) is 5.66. The van der Waals surface area contributed by atoms with Gasteiger partial charge in [-0.25, -0.2) is 0 Å². The third-order valence-electron chi connectivity index (χ3n) is 5.66. The summed E-state index contributed by atoms with van der Waals surface area (Å²) in [6.07, 6.45) is 10.7. The van der Waals surface area contributed by atoms with Crippen molar-refractivity contribution in [3.8, 4) is 5.75 Å². The SMILES string of the molecule is O=C(CCCC(=O)Nc1ccc(OCCC2CCCCC2)cc1)NCc1ccccn1. The molecule has 166 valence electrons. The van der Waals surface area contributed by atoms with Crippen molar-refractivity contribution in [1.29, 1.82) is 0 Å². The fourth-order valence-electron chi connectivity index (χ4n) is 3.87. The lowest BCUT2D eigenvalue weighted by molar-refractivity contribution is -0.121. The van der Waals surface area contributed by atoms with Gasteiger partial charge in [-0.15, -0.1) is 0 Å². The average Bonchev–Trinajstić information content (AvgIpc) is 2.80. The highest BCUT2D eigenvalue weighted by Crippen LogP contribution is 2.26. The van der Waals surface area contributed by atoms with E-state index in [0.717, 1.165) is 36.1 Å². The molecule has 1 aromatic carbocycles. The molecular weight excluding hydrogens is 390 g/mol. The van der Waals surface area contributed by atoms with Crippen molar-refractivity contribution in [3.05, 3.63) is 54.4 Å². The van der Waals surface area contributed by atoms with Gasteiger partial charge in [0.15, 0.2) is 0 Å². The Morgan fingerprint density at radius 3 is 2.48 bits per heavy atom. The largest absolute Gasteiger partial charge is 0.494 e. The second kappa shape index (κ2) is 12.7. The molecule has 1 heterocycles. The number of carbonyl (C=O) groups is 2. The van der Waals surface area contributed by atoms with Crippen LogP contribution in [0.2, 0.25) is 0 Å². The van der Waals surface area contributed by atoms with Gasteiger partial charge in [-0.1, -0.05) is 38.2 Å². The van der Waals surface area contributed by atoms with Crippen molar-refractivity contribution in [2.24, 2.45) is 5.92 Å². The van der Waals surface area contributed by atoms with Gasteiger partial charge in [0.1, 0.15) is 5.75 Å². The van der Waals surface area contributed by atoms with E-state index in [4.69, 9.17) is 4.74 Å². The van der Waals surface area contributed by atoms with Gasteiger partial charge in [0.05, 0.1) is 18.8 Å². The summed E-state index contributed by atoms with van der Waals surface area (Å²) >= 11 is 0. The maximum atomic E-state index is 12.1. The molecule has 2 N–H and O–H groups in total. The smallest absolute Gasteiger partial charge is 0.224 e. The maximum absolute atomic E-state index is 12.1. The first-order valence-electron chi connectivity index (χ1n) is 11.4. The Labute approximate surface area is 184 Å². The zero-order valence-corrected chi connectivity index (χ0v) is 18.1. The van der Waals surface area contributed by atoms with Crippen LogP contribution in [-0.4, -0.2) is 23.4 Å². The zero-order valence-electron chi connectivity index (χ0n) is 18.1. The molecule has 0 atom stereocenters. The van der Waals surface area contributed by atoms with Crippen LogP contribution >= 0.6 is 0 Å². The number of benzene rings is 1. The Bertz CT molecular complexity index is 803. The van der Waals surface area contributed by atoms with Gasteiger partial charge < -0.3 is 15.4 Å². The summed E-state index contributed by atoms with van der Waals surface area (Å²) in [5, 5.41) is 5.69. The molecule has 0 saturated heterocycles. The second-order valence-electron chi connectivity index (χ2n) is 8.17. The van der Waals surface area contributed by atoms with Gasteiger partial charge in [0.25, 0.3) is 0 Å². The van der Waals surface area contributed by atoms with E-state index in [1.807, 2.05) is 42.5 Å². The van der Waals surface area contributed by atoms with Gasteiger partial charge >= 0.3 is 0 Å². The summed E-state index contributed by atoms with van der Waals surface area (Å²) in [7, 11) is 0. The van der Waals surface area contributed by atoms with Crippen LogP contribution in [0, 0.1) is 5.92 Å². The van der Waals surface area contributed by atoms with E-state index in [0.29, 0.717) is 25.8 Å². The summed E-state index contributed by atoms with van der Waals surface area (Å²) in [5.74, 6) is 1.47. The number of hydrogen-bond acceptors (Lipinski definition) is 4. The Hall–Kier alpha value is -2.89. The third kappa shape index (κ3) is 8.79. The van der Waals surface area contributed by atoms with Gasteiger partial charge in [-0.2, -0.15) is 0 Å². The molecule has 1 aliphatic rings. The summed E-state index contributed by atoms with van der Waals surface area (Å²) in [4.78, 5) is 28.2. The summed E-state index contributed by atoms with van der Waals surface area (Å²) in [6.45, 7) is 1.15. The predicted molar refractivity (Wildman–Crippen MR) is 122 cm³/mol. The van der Waals surface area contributed by atoms with E-state index in [2.05, 4.69) is 15.6 Å². The van der Waals surface area contributed by atoms with Gasteiger partial charge in [0, 0.05) is 24.7 Å². The van der Waals surface area contributed by atoms with Crippen molar-refractivity contribution >= 4 is 17.5 Å². The van der Waals surface area contributed by atoms with Gasteiger partial charge in [0.2, 0.25) is 11.8 Å². The zero-order chi connectivity index (χ0) is 21.7. The fourth-order valence-corrected chi connectivity index (χ4v) is 3.87. The summed E-state index contributed by atoms with van der Waals surface area (Å²) in [5.41, 5.74) is 1.55. The van der Waals surface area contributed by atoms with Crippen LogP contribution < -0.4 is 15.4 Å². The molecule has 2 aromatic rings. The highest BCUT2D eigenvalue weighted by molar-refractivity contribution is 5.91. The molecule has 1 aliphatic carbocycles. The lowest BCUT2D eigenvalue weighted by atomic mass is 9.87. The van der Waals surface area contributed by atoms with Gasteiger partial charge in [-0.3, -0.25) is 14.6 Å². The molecule has 0 unspecified atom stereocenters. The predicted octanol–water partition coefficient (Wildman–Crippen LogP) is 4.86. The van der Waals surface area contributed by atoms with Gasteiger partial charge in [-0.05, 0) is 55.2 Å². The summed E-state index contributed by atoms with van der Waals surface area (Å²) < 4.78 is 5.85. The van der Waals surface area contributed by atoms with Crippen molar-refractivity contribution in [1.82, 2.24) is 10.3 Å². The molecule has 0 aliphatic heterocycles. The van der Waals surface area contributed by atoms with E-state index in [1.54, 1.807) is 6.20 Å². The van der Waals surface area contributed by atoms with Crippen molar-refractivity contribution < 1.29 is 14.3 Å². The van der Waals surface area contributed by atoms with Crippen LogP contribution in [0.15, 0.2) is 48.7 Å². The molecule has 1 aromatic heterocycles. The van der Waals surface area contributed by atoms with E-state index >= 15 is 0 Å². The Morgan fingerprint density at radius 2 is 1.74 bits per heavy atom. The van der Waals surface area contributed by atoms with Crippen molar-refractivity contribution in [2.45, 2.75) is 64.3 Å². The molecule has 6 nitrogen and oxygen atoms in total. The van der Waals surface area contributed by atoms with Crippen LogP contribution in [0.4, 0.5) is 5.69 Å². The number of nitrogens with one attached hydrogen (secondary N) is 2. The molecular formula is C25H33N3O3. The van der Waals surface area contributed by atoms with Crippen molar-refractivity contribution in [2.75, 3.05) is 11.9 Å². The van der Waals surface area contributed by atoms with E-state index in [-0.39, 0.29) is 11.8 Å². The number of pyridine rings is 1. The number of aromatic nitrogens is 1. The quantitative estimate of drug-likeness (QED) is 0.541. The lowest BCUT2D eigenvalue weighted by Gasteiger charge is -2.21. The van der Waals surface area contributed by atoms with E-state index < -0.39 is 0 Å². The molecule has 6 heteroatoms. The molecule has 2 amide bonds. The molecule has 3 rings (SSSR count). The fraction of sp³-hybridized carbons (Fsp3) is 0.480. The average molecular weight is 424 g/mol. The second-order valence-corrected chi connectivity index (χ2v) is 8.17. The number of carbonyl (C=O) groups excluding carboxylic acids is 2.